The van der Waals surface area contributed by atoms with E-state index in [1.54, 1.807) is 0 Å². The van der Waals surface area contributed by atoms with Crippen molar-refractivity contribution in [1.82, 2.24) is 15.0 Å². The molecule has 1 aromatic heterocycles. The van der Waals surface area contributed by atoms with E-state index >= 15 is 0 Å². The Kier molecular flexibility index (Phi) is 6.15. The summed E-state index contributed by atoms with van der Waals surface area (Å²) in [5, 5.41) is 22.9. The van der Waals surface area contributed by atoms with E-state index in [9.17, 15) is 23.4 Å². The number of aromatic nitrogens is 3. The number of β-amino-alcohol motifs (C(OH)–C–C–N with tert-alkyl or cyclic N) is 2. The van der Waals surface area contributed by atoms with Gasteiger partial charge < -0.3 is 25.3 Å². The molecule has 0 amide bonds. The van der Waals surface area contributed by atoms with Crippen LogP contribution in [0.25, 0.3) is 0 Å². The molecule has 2 fully saturated rings. The van der Waals surface area contributed by atoms with Crippen LogP contribution in [0.2, 0.25) is 0 Å². The molecule has 2 unspecified atom stereocenters. The fraction of sp³-hybridized carbons (Fsp3) is 0.550. The molecule has 3 heterocycles. The van der Waals surface area contributed by atoms with Crippen LogP contribution >= 0.6 is 0 Å². The Morgan fingerprint density at radius 1 is 0.903 bits per heavy atom. The predicted octanol–water partition coefficient (Wildman–Crippen LogP) is 2.56. The molecule has 168 valence electrons. The lowest BCUT2D eigenvalue weighted by atomic mass is 10.1. The lowest BCUT2D eigenvalue weighted by molar-refractivity contribution is -0.137. The number of hydrogen-bond acceptors (Lipinski definition) is 8. The van der Waals surface area contributed by atoms with Crippen LogP contribution in [0.5, 0.6) is 0 Å². The second-order valence-corrected chi connectivity index (χ2v) is 7.95. The van der Waals surface area contributed by atoms with Crippen LogP contribution in [0.4, 0.5) is 36.7 Å². The summed E-state index contributed by atoms with van der Waals surface area (Å²) in [4.78, 5) is 17.0. The molecule has 0 aliphatic carbocycles. The maximum Gasteiger partial charge on any atom is 0.416 e. The van der Waals surface area contributed by atoms with Crippen molar-refractivity contribution in [2.24, 2.45) is 0 Å². The zero-order valence-electron chi connectivity index (χ0n) is 16.9. The largest absolute Gasteiger partial charge is 0.416 e. The van der Waals surface area contributed by atoms with Gasteiger partial charge >= 0.3 is 6.18 Å². The first-order chi connectivity index (χ1) is 14.8. The number of hydrogen-bond donors (Lipinski definition) is 3. The van der Waals surface area contributed by atoms with Crippen LogP contribution in [-0.4, -0.2) is 63.6 Å². The smallest absolute Gasteiger partial charge is 0.391 e. The van der Waals surface area contributed by atoms with Gasteiger partial charge in [-0.05, 0) is 43.9 Å². The van der Waals surface area contributed by atoms with Crippen molar-refractivity contribution in [3.05, 3.63) is 29.8 Å². The highest BCUT2D eigenvalue weighted by Gasteiger charge is 2.30. The van der Waals surface area contributed by atoms with Crippen LogP contribution in [0.1, 0.15) is 31.2 Å². The van der Waals surface area contributed by atoms with Crippen molar-refractivity contribution < 1.29 is 23.4 Å². The third-order valence-corrected chi connectivity index (χ3v) is 5.42. The first-order valence-electron chi connectivity index (χ1n) is 10.3. The van der Waals surface area contributed by atoms with E-state index in [-0.39, 0.29) is 11.6 Å². The number of nitrogens with zero attached hydrogens (tertiary/aromatic N) is 5. The molecule has 31 heavy (non-hydrogen) atoms. The first kappa shape index (κ1) is 21.6. The fourth-order valence-corrected chi connectivity index (χ4v) is 3.87. The number of aliphatic hydroxyl groups excluding tert-OH is 2. The highest BCUT2D eigenvalue weighted by atomic mass is 19.4. The predicted molar refractivity (Wildman–Crippen MR) is 109 cm³/mol. The van der Waals surface area contributed by atoms with Crippen LogP contribution in [-0.2, 0) is 6.18 Å². The topological polar surface area (TPSA) is 97.6 Å². The molecule has 2 saturated heterocycles. The minimum absolute atomic E-state index is 0.111. The fourth-order valence-electron chi connectivity index (χ4n) is 3.87. The van der Waals surface area contributed by atoms with Gasteiger partial charge in [-0.1, -0.05) is 6.07 Å². The Bertz CT molecular complexity index is 872. The number of benzene rings is 1. The van der Waals surface area contributed by atoms with Crippen LogP contribution in [0.3, 0.4) is 0 Å². The van der Waals surface area contributed by atoms with Gasteiger partial charge in [0, 0.05) is 31.9 Å². The van der Waals surface area contributed by atoms with E-state index in [0.29, 0.717) is 50.9 Å². The minimum Gasteiger partial charge on any atom is -0.391 e. The lowest BCUT2D eigenvalue weighted by Gasteiger charge is -2.33. The molecular weight excluding hydrogens is 413 g/mol. The monoisotopic (exact) mass is 438 g/mol. The van der Waals surface area contributed by atoms with Crippen molar-refractivity contribution in [3.63, 3.8) is 0 Å². The van der Waals surface area contributed by atoms with Gasteiger partial charge in [-0.15, -0.1) is 0 Å². The van der Waals surface area contributed by atoms with Gasteiger partial charge in [0.05, 0.1) is 17.8 Å². The maximum absolute atomic E-state index is 13.1. The molecular formula is C20H25F3N6O2. The van der Waals surface area contributed by atoms with Gasteiger partial charge in [-0.3, -0.25) is 0 Å². The first-order valence-corrected chi connectivity index (χ1v) is 10.3. The number of alkyl halides is 3. The highest BCUT2D eigenvalue weighted by molar-refractivity contribution is 5.57. The van der Waals surface area contributed by atoms with Crippen LogP contribution in [0, 0.1) is 0 Å². The molecule has 1 aromatic carbocycles. The summed E-state index contributed by atoms with van der Waals surface area (Å²) in [6.07, 6.45) is -2.50. The summed E-state index contributed by atoms with van der Waals surface area (Å²) in [5.41, 5.74) is -0.569. The Hall–Kier alpha value is -2.66. The number of rotatable bonds is 4. The molecule has 2 atom stereocenters. The van der Waals surface area contributed by atoms with Gasteiger partial charge in [-0.2, -0.15) is 28.1 Å². The Morgan fingerprint density at radius 3 is 2.00 bits per heavy atom. The molecule has 0 bridgehead atoms. The third-order valence-electron chi connectivity index (χ3n) is 5.42. The van der Waals surface area contributed by atoms with E-state index in [2.05, 4.69) is 20.3 Å². The van der Waals surface area contributed by atoms with Crippen molar-refractivity contribution >= 4 is 23.5 Å². The van der Waals surface area contributed by atoms with Gasteiger partial charge in [0.15, 0.2) is 0 Å². The van der Waals surface area contributed by atoms with Crippen molar-refractivity contribution in [3.8, 4) is 0 Å². The van der Waals surface area contributed by atoms with Crippen molar-refractivity contribution in [2.45, 2.75) is 44.1 Å². The number of piperidine rings is 2. The molecule has 2 aromatic rings. The minimum atomic E-state index is -4.46. The lowest BCUT2D eigenvalue weighted by Crippen LogP contribution is -2.41. The number of anilines is 4. The molecule has 4 rings (SSSR count). The summed E-state index contributed by atoms with van der Waals surface area (Å²) in [5.74, 6) is 0.802. The van der Waals surface area contributed by atoms with Crippen LogP contribution < -0.4 is 15.1 Å². The average Bonchev–Trinajstić information content (AvgIpc) is 2.73. The van der Waals surface area contributed by atoms with Crippen LogP contribution in [0.15, 0.2) is 24.3 Å². The molecule has 0 spiro atoms. The summed E-state index contributed by atoms with van der Waals surface area (Å²) in [7, 11) is 0. The average molecular weight is 438 g/mol. The van der Waals surface area contributed by atoms with E-state index in [4.69, 9.17) is 0 Å². The number of nitrogens with one attached hydrogen (secondary N) is 1. The maximum atomic E-state index is 13.1. The second-order valence-electron chi connectivity index (χ2n) is 7.95. The van der Waals surface area contributed by atoms with E-state index in [1.165, 1.54) is 12.1 Å². The number of aliphatic hydroxyl groups is 2. The standard InChI is InChI=1S/C20H25F3N6O2/c21-20(22,23)13-4-1-5-14(10-13)24-17-25-18(28-8-2-6-15(30)11-28)27-19(26-17)29-9-3-7-16(31)12-29/h1,4-5,10,15-16,30-31H,2-3,6-9,11-12H2,(H,24,25,26,27). The number of halogens is 3. The Balaban J connectivity index is 1.66. The van der Waals surface area contributed by atoms with Crippen molar-refractivity contribution in [1.29, 1.82) is 0 Å². The summed E-state index contributed by atoms with van der Waals surface area (Å²) < 4.78 is 39.2. The molecule has 2 aliphatic rings. The van der Waals surface area contributed by atoms with E-state index in [0.717, 1.165) is 25.0 Å². The molecule has 11 heteroatoms. The second kappa shape index (κ2) is 8.83. The third kappa shape index (κ3) is 5.34. The molecule has 8 nitrogen and oxygen atoms in total. The van der Waals surface area contributed by atoms with Crippen molar-refractivity contribution in [2.75, 3.05) is 41.3 Å². The Morgan fingerprint density at radius 2 is 1.48 bits per heavy atom. The van der Waals surface area contributed by atoms with Gasteiger partial charge in [0.2, 0.25) is 17.8 Å². The zero-order valence-corrected chi connectivity index (χ0v) is 16.9. The quantitative estimate of drug-likeness (QED) is 0.670. The van der Waals surface area contributed by atoms with Gasteiger partial charge in [0.1, 0.15) is 0 Å². The molecule has 2 aliphatic heterocycles. The van der Waals surface area contributed by atoms with Gasteiger partial charge in [-0.25, -0.2) is 0 Å². The van der Waals surface area contributed by atoms with Gasteiger partial charge in [0.25, 0.3) is 0 Å². The molecule has 0 saturated carbocycles. The molecule has 3 N–H and O–H groups in total. The SMILES string of the molecule is OC1CCCN(c2nc(Nc3cccc(C(F)(F)F)c3)nc(N3CCCC(O)C3)n2)C1. The van der Waals surface area contributed by atoms with E-state index in [1.807, 2.05) is 9.80 Å². The van der Waals surface area contributed by atoms with E-state index < -0.39 is 23.9 Å². The zero-order chi connectivity index (χ0) is 22.0. The summed E-state index contributed by atoms with van der Waals surface area (Å²) >= 11 is 0. The molecule has 0 radical (unpaired) electrons. The summed E-state index contributed by atoms with van der Waals surface area (Å²) in [6.45, 7) is 2.06. The normalized spacial score (nSPS) is 22.5. The highest BCUT2D eigenvalue weighted by Crippen LogP contribution is 2.31. The Labute approximate surface area is 177 Å². The summed E-state index contributed by atoms with van der Waals surface area (Å²) in [6, 6.07) is 4.82.